The number of nitrogens with one attached hydrogen (secondary N) is 2. The number of aryl methyl sites for hydroxylation is 2. The Bertz CT molecular complexity index is 337. The van der Waals surface area contributed by atoms with Gasteiger partial charge in [0.05, 0.1) is 18.0 Å². The van der Waals surface area contributed by atoms with Crippen LogP contribution in [0.4, 0.5) is 5.69 Å². The Morgan fingerprint density at radius 1 is 1.67 bits per heavy atom. The van der Waals surface area contributed by atoms with Crippen molar-refractivity contribution in [3.05, 3.63) is 11.9 Å². The van der Waals surface area contributed by atoms with Crippen LogP contribution in [0.25, 0.3) is 0 Å². The van der Waals surface area contributed by atoms with Crippen molar-refractivity contribution in [3.63, 3.8) is 0 Å². The smallest absolute Gasteiger partial charge is 0.170 e. The molecule has 0 amide bonds. The van der Waals surface area contributed by atoms with Gasteiger partial charge in [0.2, 0.25) is 0 Å². The molecule has 15 heavy (non-hydrogen) atoms. The van der Waals surface area contributed by atoms with Crippen molar-refractivity contribution >= 4 is 23.0 Å². The highest BCUT2D eigenvalue weighted by Gasteiger charge is 2.03. The first kappa shape index (κ1) is 11.9. The number of hydrogen-bond acceptors (Lipinski definition) is 3. The van der Waals surface area contributed by atoms with E-state index in [0.717, 1.165) is 11.4 Å². The van der Waals surface area contributed by atoms with E-state index in [1.807, 2.05) is 20.2 Å². The molecule has 0 saturated heterocycles. The predicted molar refractivity (Wildman–Crippen MR) is 64.0 cm³/mol. The molecule has 0 fully saturated rings. The van der Waals surface area contributed by atoms with Crippen molar-refractivity contribution in [1.29, 1.82) is 0 Å². The van der Waals surface area contributed by atoms with E-state index in [2.05, 4.69) is 15.7 Å². The lowest BCUT2D eigenvalue weighted by atomic mass is 10.4. The number of methoxy groups -OCH3 is 1. The van der Waals surface area contributed by atoms with Gasteiger partial charge < -0.3 is 15.4 Å². The van der Waals surface area contributed by atoms with Crippen molar-refractivity contribution < 1.29 is 4.74 Å². The minimum absolute atomic E-state index is 0.586. The molecule has 0 aliphatic heterocycles. The highest BCUT2D eigenvalue weighted by Crippen LogP contribution is 2.10. The van der Waals surface area contributed by atoms with Crippen molar-refractivity contribution in [2.75, 3.05) is 25.6 Å². The van der Waals surface area contributed by atoms with Gasteiger partial charge in [-0.05, 0) is 19.1 Å². The van der Waals surface area contributed by atoms with Gasteiger partial charge in [-0.1, -0.05) is 0 Å². The summed E-state index contributed by atoms with van der Waals surface area (Å²) in [5.41, 5.74) is 1.85. The van der Waals surface area contributed by atoms with E-state index in [9.17, 15) is 0 Å². The summed E-state index contributed by atoms with van der Waals surface area (Å²) in [5.74, 6) is 0. The first-order valence-corrected chi connectivity index (χ1v) is 5.08. The number of rotatable bonds is 4. The maximum atomic E-state index is 5.10. The summed E-state index contributed by atoms with van der Waals surface area (Å²) >= 11 is 5.10. The maximum absolute atomic E-state index is 5.10. The van der Waals surface area contributed by atoms with Crippen LogP contribution in [0, 0.1) is 6.92 Å². The molecular formula is C9H16N4OS. The molecule has 0 aromatic carbocycles. The number of anilines is 1. The lowest BCUT2D eigenvalue weighted by molar-refractivity contribution is 0.204. The molecule has 6 heteroatoms. The average molecular weight is 228 g/mol. The predicted octanol–water partition coefficient (Wildman–Crippen LogP) is 0.661. The van der Waals surface area contributed by atoms with Crippen LogP contribution in [0.3, 0.4) is 0 Å². The van der Waals surface area contributed by atoms with Gasteiger partial charge in [0.25, 0.3) is 0 Å². The molecule has 1 heterocycles. The topological polar surface area (TPSA) is 51.1 Å². The van der Waals surface area contributed by atoms with Gasteiger partial charge in [-0.15, -0.1) is 0 Å². The summed E-state index contributed by atoms with van der Waals surface area (Å²) in [7, 11) is 3.53. The number of thiocarbonyl (C=S) groups is 1. The Kier molecular flexibility index (Phi) is 4.51. The highest BCUT2D eigenvalue weighted by molar-refractivity contribution is 7.80. The molecule has 1 rings (SSSR count). The van der Waals surface area contributed by atoms with Crippen LogP contribution in [-0.2, 0) is 11.8 Å². The molecule has 0 atom stereocenters. The Balaban J connectivity index is 2.41. The SMILES string of the molecule is COCCNC(=S)Nc1cn(C)nc1C. The Morgan fingerprint density at radius 3 is 2.93 bits per heavy atom. The van der Waals surface area contributed by atoms with Gasteiger partial charge in [-0.25, -0.2) is 0 Å². The van der Waals surface area contributed by atoms with Crippen LogP contribution >= 0.6 is 12.2 Å². The largest absolute Gasteiger partial charge is 0.383 e. The fourth-order valence-electron chi connectivity index (χ4n) is 1.16. The highest BCUT2D eigenvalue weighted by atomic mass is 32.1. The van der Waals surface area contributed by atoms with Crippen LogP contribution in [0.5, 0.6) is 0 Å². The van der Waals surface area contributed by atoms with Gasteiger partial charge in [0.15, 0.2) is 5.11 Å². The van der Waals surface area contributed by atoms with E-state index in [1.165, 1.54) is 0 Å². The van der Waals surface area contributed by atoms with E-state index < -0.39 is 0 Å². The van der Waals surface area contributed by atoms with E-state index >= 15 is 0 Å². The Labute approximate surface area is 94.8 Å². The molecule has 84 valence electrons. The molecule has 2 N–H and O–H groups in total. The zero-order valence-corrected chi connectivity index (χ0v) is 10.0. The van der Waals surface area contributed by atoms with Gasteiger partial charge in [0, 0.05) is 26.9 Å². The lowest BCUT2D eigenvalue weighted by Gasteiger charge is -2.08. The van der Waals surface area contributed by atoms with Crippen LogP contribution < -0.4 is 10.6 Å². The minimum Gasteiger partial charge on any atom is -0.383 e. The van der Waals surface area contributed by atoms with E-state index in [0.29, 0.717) is 18.3 Å². The number of hydrogen-bond donors (Lipinski definition) is 2. The molecule has 0 bridgehead atoms. The van der Waals surface area contributed by atoms with E-state index in [4.69, 9.17) is 17.0 Å². The summed E-state index contributed by atoms with van der Waals surface area (Å²) in [6, 6.07) is 0. The normalized spacial score (nSPS) is 10.1. The fraction of sp³-hybridized carbons (Fsp3) is 0.556. The van der Waals surface area contributed by atoms with Crippen LogP contribution in [0.1, 0.15) is 5.69 Å². The van der Waals surface area contributed by atoms with Crippen molar-refractivity contribution in [2.24, 2.45) is 7.05 Å². The Hall–Kier alpha value is -1.14. The standard InChI is InChI=1S/C9H16N4OS/c1-7-8(6-13(2)12-7)11-9(15)10-4-5-14-3/h6H,4-5H2,1-3H3,(H2,10,11,15). The fourth-order valence-corrected chi connectivity index (χ4v) is 1.37. The van der Waals surface area contributed by atoms with Crippen LogP contribution in [0.15, 0.2) is 6.20 Å². The maximum Gasteiger partial charge on any atom is 0.170 e. The van der Waals surface area contributed by atoms with Crippen molar-refractivity contribution in [2.45, 2.75) is 6.92 Å². The van der Waals surface area contributed by atoms with Gasteiger partial charge >= 0.3 is 0 Å². The number of nitrogens with zero attached hydrogens (tertiary/aromatic N) is 2. The van der Waals surface area contributed by atoms with Crippen LogP contribution in [-0.4, -0.2) is 35.2 Å². The van der Waals surface area contributed by atoms with Crippen molar-refractivity contribution in [3.8, 4) is 0 Å². The Morgan fingerprint density at radius 2 is 2.40 bits per heavy atom. The molecule has 5 nitrogen and oxygen atoms in total. The molecule has 1 aromatic heterocycles. The summed E-state index contributed by atoms with van der Waals surface area (Å²) in [6.07, 6.45) is 1.89. The van der Waals surface area contributed by atoms with Crippen molar-refractivity contribution in [1.82, 2.24) is 15.1 Å². The number of aromatic nitrogens is 2. The van der Waals surface area contributed by atoms with Gasteiger partial charge in [-0.3, -0.25) is 4.68 Å². The third kappa shape index (κ3) is 3.85. The second-order valence-corrected chi connectivity index (χ2v) is 3.58. The first-order valence-electron chi connectivity index (χ1n) is 4.67. The van der Waals surface area contributed by atoms with E-state index in [-0.39, 0.29) is 0 Å². The average Bonchev–Trinajstić information content (AvgIpc) is 2.45. The summed E-state index contributed by atoms with van der Waals surface area (Å²) in [6.45, 7) is 3.26. The van der Waals surface area contributed by atoms with E-state index in [1.54, 1.807) is 11.8 Å². The minimum atomic E-state index is 0.586. The molecular weight excluding hydrogens is 212 g/mol. The summed E-state index contributed by atoms with van der Waals surface area (Å²) < 4.78 is 6.65. The molecule has 1 aromatic rings. The van der Waals surface area contributed by atoms with Gasteiger partial charge in [0.1, 0.15) is 0 Å². The number of ether oxygens (including phenoxy) is 1. The zero-order chi connectivity index (χ0) is 11.3. The van der Waals surface area contributed by atoms with Gasteiger partial charge in [-0.2, -0.15) is 5.10 Å². The second kappa shape index (κ2) is 5.67. The molecule has 0 spiro atoms. The molecule has 0 unspecified atom stereocenters. The third-order valence-corrected chi connectivity index (χ3v) is 2.10. The summed E-state index contributed by atoms with van der Waals surface area (Å²) in [5, 5.41) is 10.9. The third-order valence-electron chi connectivity index (χ3n) is 1.85. The molecule has 0 aliphatic carbocycles. The zero-order valence-electron chi connectivity index (χ0n) is 9.20. The first-order chi connectivity index (χ1) is 7.13. The quantitative estimate of drug-likeness (QED) is 0.586. The molecule has 0 radical (unpaired) electrons. The molecule has 0 saturated carbocycles. The lowest BCUT2D eigenvalue weighted by Crippen LogP contribution is -2.31. The van der Waals surface area contributed by atoms with Crippen LogP contribution in [0.2, 0.25) is 0 Å². The monoisotopic (exact) mass is 228 g/mol. The second-order valence-electron chi connectivity index (χ2n) is 3.18. The molecule has 0 aliphatic rings. The summed E-state index contributed by atoms with van der Waals surface area (Å²) in [4.78, 5) is 0.